The summed E-state index contributed by atoms with van der Waals surface area (Å²) in [6, 6.07) is 3.81. The van der Waals surface area contributed by atoms with Gasteiger partial charge in [0.25, 0.3) is 0 Å². The molecular weight excluding hydrogens is 259 g/mol. The molecule has 1 aromatic rings. The van der Waals surface area contributed by atoms with Crippen LogP contribution in [0, 0.1) is 0 Å². The SMILES string of the molecule is CCCCOc1cc(CCl)c(OC)cc1CCl. The summed E-state index contributed by atoms with van der Waals surface area (Å²) in [7, 11) is 1.63. The standard InChI is InChI=1S/C13H18Cl2O2/c1-3-4-5-17-13-7-10(8-14)12(16-2)6-11(13)9-15/h6-7H,3-5,8-9H2,1-2H3. The largest absolute Gasteiger partial charge is 0.496 e. The summed E-state index contributed by atoms with van der Waals surface area (Å²) in [5, 5.41) is 0. The molecule has 2 nitrogen and oxygen atoms in total. The van der Waals surface area contributed by atoms with Crippen LogP contribution in [0.25, 0.3) is 0 Å². The van der Waals surface area contributed by atoms with Crippen molar-refractivity contribution in [2.24, 2.45) is 0 Å². The van der Waals surface area contributed by atoms with Crippen molar-refractivity contribution in [1.29, 1.82) is 0 Å². The lowest BCUT2D eigenvalue weighted by molar-refractivity contribution is 0.306. The van der Waals surface area contributed by atoms with Gasteiger partial charge in [0.15, 0.2) is 0 Å². The lowest BCUT2D eigenvalue weighted by atomic mass is 10.1. The zero-order valence-electron chi connectivity index (χ0n) is 10.3. The molecule has 0 atom stereocenters. The second-order valence-electron chi connectivity index (χ2n) is 3.74. The molecule has 0 radical (unpaired) electrons. The summed E-state index contributed by atoms with van der Waals surface area (Å²) in [5.74, 6) is 2.37. The van der Waals surface area contributed by atoms with Gasteiger partial charge in [-0.25, -0.2) is 0 Å². The van der Waals surface area contributed by atoms with Crippen LogP contribution >= 0.6 is 23.2 Å². The van der Waals surface area contributed by atoms with Crippen LogP contribution < -0.4 is 9.47 Å². The number of methoxy groups -OCH3 is 1. The summed E-state index contributed by atoms with van der Waals surface area (Å²) in [6.45, 7) is 2.83. The third-order valence-electron chi connectivity index (χ3n) is 2.51. The Morgan fingerprint density at radius 1 is 1.06 bits per heavy atom. The van der Waals surface area contributed by atoms with Crippen LogP contribution in [0.3, 0.4) is 0 Å². The molecule has 0 heterocycles. The molecular formula is C13H18Cl2O2. The lowest BCUT2D eigenvalue weighted by Crippen LogP contribution is -2.01. The molecule has 96 valence electrons. The van der Waals surface area contributed by atoms with Crippen molar-refractivity contribution in [3.8, 4) is 11.5 Å². The van der Waals surface area contributed by atoms with Crippen molar-refractivity contribution in [2.75, 3.05) is 13.7 Å². The Morgan fingerprint density at radius 2 is 1.65 bits per heavy atom. The number of ether oxygens (including phenoxy) is 2. The molecule has 1 aromatic carbocycles. The van der Waals surface area contributed by atoms with Gasteiger partial charge < -0.3 is 9.47 Å². The van der Waals surface area contributed by atoms with Crippen molar-refractivity contribution in [3.05, 3.63) is 23.3 Å². The van der Waals surface area contributed by atoms with Crippen LogP contribution in [0.15, 0.2) is 12.1 Å². The van der Waals surface area contributed by atoms with Gasteiger partial charge >= 0.3 is 0 Å². The quantitative estimate of drug-likeness (QED) is 0.545. The number of rotatable bonds is 7. The van der Waals surface area contributed by atoms with Crippen LogP contribution in [0.5, 0.6) is 11.5 Å². The Kier molecular flexibility index (Phi) is 6.53. The first-order valence-corrected chi connectivity index (χ1v) is 6.78. The van der Waals surface area contributed by atoms with E-state index in [-0.39, 0.29) is 0 Å². The number of alkyl halides is 2. The molecule has 4 heteroatoms. The van der Waals surface area contributed by atoms with Gasteiger partial charge in [-0.3, -0.25) is 0 Å². The van der Waals surface area contributed by atoms with E-state index in [1.807, 2.05) is 12.1 Å². The molecule has 0 aliphatic carbocycles. The average Bonchev–Trinajstić information content (AvgIpc) is 2.38. The molecule has 0 amide bonds. The predicted octanol–water partition coefficient (Wildman–Crippen LogP) is 4.35. The fraction of sp³-hybridized carbons (Fsp3) is 0.538. The second-order valence-corrected chi connectivity index (χ2v) is 4.28. The molecule has 0 saturated carbocycles. The first kappa shape index (κ1) is 14.5. The number of halogens is 2. The van der Waals surface area contributed by atoms with Gasteiger partial charge in [0.1, 0.15) is 11.5 Å². The molecule has 0 spiro atoms. The van der Waals surface area contributed by atoms with E-state index in [1.54, 1.807) is 7.11 Å². The molecule has 0 saturated heterocycles. The summed E-state index contributed by atoms with van der Waals surface area (Å²) in [6.07, 6.45) is 2.14. The van der Waals surface area contributed by atoms with Crippen molar-refractivity contribution < 1.29 is 9.47 Å². The minimum absolute atomic E-state index is 0.399. The third kappa shape index (κ3) is 3.97. The first-order valence-electron chi connectivity index (χ1n) is 5.71. The first-order chi connectivity index (χ1) is 8.26. The highest BCUT2D eigenvalue weighted by atomic mass is 35.5. The Labute approximate surface area is 113 Å². The summed E-state index contributed by atoms with van der Waals surface area (Å²) in [5.41, 5.74) is 1.86. The van der Waals surface area contributed by atoms with Crippen LogP contribution in [-0.4, -0.2) is 13.7 Å². The summed E-state index contributed by atoms with van der Waals surface area (Å²) in [4.78, 5) is 0. The summed E-state index contributed by atoms with van der Waals surface area (Å²) >= 11 is 11.8. The van der Waals surface area contributed by atoms with Gasteiger partial charge in [-0.2, -0.15) is 0 Å². The fourth-order valence-corrected chi connectivity index (χ4v) is 1.92. The van der Waals surface area contributed by atoms with E-state index in [2.05, 4.69) is 6.92 Å². The zero-order valence-corrected chi connectivity index (χ0v) is 11.8. The molecule has 0 N–H and O–H groups in total. The molecule has 17 heavy (non-hydrogen) atoms. The van der Waals surface area contributed by atoms with Gasteiger partial charge in [0.05, 0.1) is 25.5 Å². The highest BCUT2D eigenvalue weighted by Crippen LogP contribution is 2.31. The Balaban J connectivity index is 2.93. The maximum Gasteiger partial charge on any atom is 0.124 e. The van der Waals surface area contributed by atoms with Crippen LogP contribution in [0.1, 0.15) is 30.9 Å². The van der Waals surface area contributed by atoms with Gasteiger partial charge in [0, 0.05) is 11.1 Å². The molecule has 1 rings (SSSR count). The molecule has 0 aliphatic rings. The number of hydrogen-bond acceptors (Lipinski definition) is 2. The van der Waals surface area contributed by atoms with Crippen LogP contribution in [0.4, 0.5) is 0 Å². The van der Waals surface area contributed by atoms with Crippen molar-refractivity contribution in [2.45, 2.75) is 31.5 Å². The topological polar surface area (TPSA) is 18.5 Å². The average molecular weight is 277 g/mol. The molecule has 0 fully saturated rings. The fourth-order valence-electron chi connectivity index (χ4n) is 1.50. The van der Waals surface area contributed by atoms with Crippen molar-refractivity contribution in [3.63, 3.8) is 0 Å². The molecule has 0 bridgehead atoms. The normalized spacial score (nSPS) is 10.4. The van der Waals surface area contributed by atoms with Crippen molar-refractivity contribution >= 4 is 23.2 Å². The highest BCUT2D eigenvalue weighted by molar-refractivity contribution is 6.17. The van der Waals surface area contributed by atoms with E-state index in [0.29, 0.717) is 18.4 Å². The lowest BCUT2D eigenvalue weighted by Gasteiger charge is -2.14. The zero-order chi connectivity index (χ0) is 12.7. The minimum atomic E-state index is 0.399. The van der Waals surface area contributed by atoms with E-state index in [9.17, 15) is 0 Å². The van der Waals surface area contributed by atoms with Crippen LogP contribution in [-0.2, 0) is 11.8 Å². The van der Waals surface area contributed by atoms with E-state index in [4.69, 9.17) is 32.7 Å². The third-order valence-corrected chi connectivity index (χ3v) is 3.08. The molecule has 0 aromatic heterocycles. The van der Waals surface area contributed by atoms with E-state index >= 15 is 0 Å². The van der Waals surface area contributed by atoms with E-state index < -0.39 is 0 Å². The smallest absolute Gasteiger partial charge is 0.124 e. The summed E-state index contributed by atoms with van der Waals surface area (Å²) < 4.78 is 11.0. The maximum atomic E-state index is 5.90. The van der Waals surface area contributed by atoms with E-state index in [1.165, 1.54) is 0 Å². The second kappa shape index (κ2) is 7.67. The number of hydrogen-bond donors (Lipinski definition) is 0. The van der Waals surface area contributed by atoms with Gasteiger partial charge in [-0.15, -0.1) is 23.2 Å². The Bertz CT molecular complexity index is 354. The van der Waals surface area contributed by atoms with E-state index in [0.717, 1.165) is 35.5 Å². The van der Waals surface area contributed by atoms with Gasteiger partial charge in [0.2, 0.25) is 0 Å². The Morgan fingerprint density at radius 3 is 2.18 bits per heavy atom. The predicted molar refractivity (Wildman–Crippen MR) is 72.5 cm³/mol. The number of benzene rings is 1. The van der Waals surface area contributed by atoms with Crippen LogP contribution in [0.2, 0.25) is 0 Å². The monoisotopic (exact) mass is 276 g/mol. The van der Waals surface area contributed by atoms with Crippen molar-refractivity contribution in [1.82, 2.24) is 0 Å². The molecule has 0 aliphatic heterocycles. The number of unbranched alkanes of at least 4 members (excludes halogenated alkanes) is 1. The minimum Gasteiger partial charge on any atom is -0.496 e. The van der Waals surface area contributed by atoms with Gasteiger partial charge in [-0.05, 0) is 18.6 Å². The van der Waals surface area contributed by atoms with Gasteiger partial charge in [-0.1, -0.05) is 13.3 Å². The maximum absolute atomic E-state index is 5.90. The molecule has 0 unspecified atom stereocenters. The highest BCUT2D eigenvalue weighted by Gasteiger charge is 2.10. The Hall–Kier alpha value is -0.600.